The fourth-order valence-corrected chi connectivity index (χ4v) is 9.76. The summed E-state index contributed by atoms with van der Waals surface area (Å²) in [5.41, 5.74) is 0.595. The summed E-state index contributed by atoms with van der Waals surface area (Å²) < 4.78 is 0. The maximum atomic E-state index is 10.7. The fraction of sp³-hybridized carbons (Fsp3) is 1.00. The molecule has 5 saturated carbocycles. The summed E-state index contributed by atoms with van der Waals surface area (Å²) in [7, 11) is 0. The average molecular weight is 417 g/mol. The van der Waals surface area contributed by atoms with Crippen molar-refractivity contribution in [2.45, 2.75) is 123 Å². The van der Waals surface area contributed by atoms with Gasteiger partial charge in [-0.05, 0) is 143 Å². The molecule has 5 aliphatic carbocycles. The van der Waals surface area contributed by atoms with Gasteiger partial charge in [-0.1, -0.05) is 20.8 Å². The van der Waals surface area contributed by atoms with Crippen molar-refractivity contribution in [3.8, 4) is 0 Å². The highest BCUT2D eigenvalue weighted by molar-refractivity contribution is 5.10. The molecule has 0 saturated heterocycles. The van der Waals surface area contributed by atoms with E-state index in [0.29, 0.717) is 16.7 Å². The Morgan fingerprint density at radius 3 is 2.27 bits per heavy atom. The normalized spacial score (nSPS) is 52.8. The topological polar surface area (TPSA) is 40.5 Å². The highest BCUT2D eigenvalue weighted by Crippen LogP contribution is 2.68. The Balaban J connectivity index is 1.28. The molecule has 0 spiro atoms. The third-order valence-corrected chi connectivity index (χ3v) is 11.8. The number of aliphatic hydroxyl groups is 2. The molecule has 5 fully saturated rings. The van der Waals surface area contributed by atoms with E-state index in [0.717, 1.165) is 54.8 Å². The summed E-state index contributed by atoms with van der Waals surface area (Å²) in [6.45, 7) is 9.87. The third-order valence-electron chi connectivity index (χ3n) is 11.8. The van der Waals surface area contributed by atoms with Crippen LogP contribution in [0.25, 0.3) is 0 Å². The Bertz CT molecular complexity index is 639. The van der Waals surface area contributed by atoms with Crippen LogP contribution in [-0.4, -0.2) is 21.9 Å². The Kier molecular flexibility index (Phi) is 5.42. The van der Waals surface area contributed by atoms with Gasteiger partial charge in [0.15, 0.2) is 0 Å². The molecule has 0 amide bonds. The lowest BCUT2D eigenvalue weighted by Crippen LogP contribution is -2.55. The molecule has 2 N–H and O–H groups in total. The number of aliphatic hydroxyl groups excluding tert-OH is 1. The van der Waals surface area contributed by atoms with E-state index in [9.17, 15) is 10.2 Å². The maximum absolute atomic E-state index is 10.7. The molecule has 0 bridgehead atoms. The Hall–Kier alpha value is -0.0800. The minimum Gasteiger partial charge on any atom is -0.393 e. The molecule has 10 atom stereocenters. The van der Waals surface area contributed by atoms with Crippen LogP contribution >= 0.6 is 0 Å². The van der Waals surface area contributed by atoms with Gasteiger partial charge in [-0.3, -0.25) is 0 Å². The van der Waals surface area contributed by atoms with Crippen molar-refractivity contribution >= 4 is 0 Å². The Morgan fingerprint density at radius 1 is 0.800 bits per heavy atom. The highest BCUT2D eigenvalue weighted by atomic mass is 16.3. The van der Waals surface area contributed by atoms with Crippen molar-refractivity contribution in [2.24, 2.45) is 52.3 Å². The Labute approximate surface area is 185 Å². The molecule has 2 nitrogen and oxygen atoms in total. The van der Waals surface area contributed by atoms with Gasteiger partial charge in [0.1, 0.15) is 0 Å². The molecule has 172 valence electrons. The molecule has 1 unspecified atom stereocenters. The van der Waals surface area contributed by atoms with Crippen molar-refractivity contribution in [1.82, 2.24) is 0 Å². The molecule has 30 heavy (non-hydrogen) atoms. The first kappa shape index (κ1) is 21.7. The summed E-state index contributed by atoms with van der Waals surface area (Å²) in [5.74, 6) is 5.77. The van der Waals surface area contributed by atoms with E-state index in [-0.39, 0.29) is 6.10 Å². The summed E-state index contributed by atoms with van der Waals surface area (Å²) in [5, 5.41) is 21.1. The van der Waals surface area contributed by atoms with Crippen molar-refractivity contribution in [3.05, 3.63) is 0 Å². The van der Waals surface area contributed by atoms with Crippen LogP contribution in [0.15, 0.2) is 0 Å². The predicted octanol–water partition coefficient (Wildman–Crippen LogP) is 6.58. The van der Waals surface area contributed by atoms with Crippen LogP contribution in [0.4, 0.5) is 0 Å². The van der Waals surface area contributed by atoms with Crippen LogP contribution in [0.3, 0.4) is 0 Å². The number of hydrogen-bond acceptors (Lipinski definition) is 2. The van der Waals surface area contributed by atoms with Crippen molar-refractivity contribution in [1.29, 1.82) is 0 Å². The van der Waals surface area contributed by atoms with E-state index >= 15 is 0 Å². The Morgan fingerprint density at radius 2 is 1.53 bits per heavy atom. The molecule has 2 heteroatoms. The van der Waals surface area contributed by atoms with Gasteiger partial charge in [0.25, 0.3) is 0 Å². The van der Waals surface area contributed by atoms with Crippen molar-refractivity contribution < 1.29 is 10.2 Å². The van der Waals surface area contributed by atoms with Gasteiger partial charge in [0.2, 0.25) is 0 Å². The SMILES string of the molecule is C[C@H](CCC(O)C1CC1)[C@H]1CC[C@H]2[C@@H]3CC[C@H]4C[C@@](C)(O)CC[C@]4(C)[C@H]3CC[C@]12C. The van der Waals surface area contributed by atoms with Gasteiger partial charge in [-0.25, -0.2) is 0 Å². The van der Waals surface area contributed by atoms with E-state index in [1.807, 2.05) is 0 Å². The molecule has 5 aliphatic rings. The lowest BCUT2D eigenvalue weighted by atomic mass is 9.43. The van der Waals surface area contributed by atoms with Crippen LogP contribution in [0.1, 0.15) is 111 Å². The lowest BCUT2D eigenvalue weighted by Gasteiger charge is -2.62. The lowest BCUT2D eigenvalue weighted by molar-refractivity contribution is -0.148. The zero-order chi connectivity index (χ0) is 21.3. The number of fused-ring (bicyclic) bond motifs is 5. The second kappa shape index (κ2) is 7.47. The van der Waals surface area contributed by atoms with Crippen molar-refractivity contribution in [2.75, 3.05) is 0 Å². The van der Waals surface area contributed by atoms with E-state index < -0.39 is 5.60 Å². The first-order valence-corrected chi connectivity index (χ1v) is 13.5. The average Bonchev–Trinajstić information content (AvgIpc) is 3.48. The second-order valence-electron chi connectivity index (χ2n) is 13.5. The molecule has 0 aromatic carbocycles. The van der Waals surface area contributed by atoms with Crippen LogP contribution in [0.5, 0.6) is 0 Å². The van der Waals surface area contributed by atoms with Gasteiger partial charge in [0.05, 0.1) is 11.7 Å². The summed E-state index contributed by atoms with van der Waals surface area (Å²) >= 11 is 0. The first-order chi connectivity index (χ1) is 14.1. The van der Waals surface area contributed by atoms with Crippen LogP contribution in [0, 0.1) is 52.3 Å². The summed E-state index contributed by atoms with van der Waals surface area (Å²) in [6, 6.07) is 0. The van der Waals surface area contributed by atoms with Crippen LogP contribution in [-0.2, 0) is 0 Å². The van der Waals surface area contributed by atoms with E-state index in [1.165, 1.54) is 64.2 Å². The fourth-order valence-electron chi connectivity index (χ4n) is 9.76. The third kappa shape index (κ3) is 3.51. The van der Waals surface area contributed by atoms with Gasteiger partial charge in [-0.15, -0.1) is 0 Å². The first-order valence-electron chi connectivity index (χ1n) is 13.5. The standard InChI is InChI=1S/C28H48O2/c1-18(5-12-25(29)19-6-7-19)22-10-11-23-21-9-8-20-17-26(2,30)15-16-27(20,3)24(21)13-14-28(22,23)4/h18-25,29-30H,5-17H2,1-4H3/t18-,20+,21+,22-,23+,24+,25?,26+,27+,28-/m1/s1. The minimum absolute atomic E-state index is 0.0214. The quantitative estimate of drug-likeness (QED) is 0.531. The van der Waals surface area contributed by atoms with Gasteiger partial charge < -0.3 is 10.2 Å². The molecular weight excluding hydrogens is 368 g/mol. The van der Waals surface area contributed by atoms with Crippen LogP contribution in [0.2, 0.25) is 0 Å². The largest absolute Gasteiger partial charge is 0.393 e. The molecule has 5 rings (SSSR count). The molecule has 0 aromatic rings. The van der Waals surface area contributed by atoms with E-state index in [4.69, 9.17) is 0 Å². The van der Waals surface area contributed by atoms with Gasteiger partial charge in [-0.2, -0.15) is 0 Å². The predicted molar refractivity (Wildman–Crippen MR) is 123 cm³/mol. The van der Waals surface area contributed by atoms with Crippen molar-refractivity contribution in [3.63, 3.8) is 0 Å². The summed E-state index contributed by atoms with van der Waals surface area (Å²) in [6.07, 6.45) is 16.6. The summed E-state index contributed by atoms with van der Waals surface area (Å²) in [4.78, 5) is 0. The smallest absolute Gasteiger partial charge is 0.0622 e. The van der Waals surface area contributed by atoms with Gasteiger partial charge >= 0.3 is 0 Å². The molecular formula is C28H48O2. The van der Waals surface area contributed by atoms with Gasteiger partial charge in [0, 0.05) is 0 Å². The molecule has 0 aromatic heterocycles. The number of hydrogen-bond donors (Lipinski definition) is 2. The second-order valence-corrected chi connectivity index (χ2v) is 13.5. The van der Waals surface area contributed by atoms with E-state index in [2.05, 4.69) is 27.7 Å². The van der Waals surface area contributed by atoms with E-state index in [1.54, 1.807) is 0 Å². The highest BCUT2D eigenvalue weighted by Gasteiger charge is 2.61. The monoisotopic (exact) mass is 416 g/mol. The maximum Gasteiger partial charge on any atom is 0.0622 e. The number of rotatable bonds is 5. The molecule has 0 heterocycles. The molecule has 0 aliphatic heterocycles. The zero-order valence-corrected chi connectivity index (χ0v) is 20.2. The molecule has 0 radical (unpaired) electrons. The minimum atomic E-state index is -0.418. The van der Waals surface area contributed by atoms with Crippen LogP contribution < -0.4 is 0 Å². The zero-order valence-electron chi connectivity index (χ0n) is 20.2.